The van der Waals surface area contributed by atoms with Gasteiger partial charge in [0.05, 0.1) is 11.1 Å². The van der Waals surface area contributed by atoms with Crippen molar-refractivity contribution in [2.45, 2.75) is 31.2 Å². The molecule has 3 rings (SSSR count). The van der Waals surface area contributed by atoms with E-state index in [1.807, 2.05) is 0 Å². The Morgan fingerprint density at radius 3 is 2.18 bits per heavy atom. The number of hydrazine groups is 1. The van der Waals surface area contributed by atoms with E-state index in [1.165, 1.54) is 6.07 Å². The Hall–Kier alpha value is -3.08. The summed E-state index contributed by atoms with van der Waals surface area (Å²) in [6.07, 6.45) is 0.114. The van der Waals surface area contributed by atoms with Crippen LogP contribution >= 0.6 is 0 Å². The quantitative estimate of drug-likeness (QED) is 0.348. The summed E-state index contributed by atoms with van der Waals surface area (Å²) in [6, 6.07) is 3.56. The van der Waals surface area contributed by atoms with Gasteiger partial charge in [0.15, 0.2) is 0 Å². The number of imide groups is 1. The lowest BCUT2D eigenvalue weighted by atomic mass is 9.71. The number of alkyl halides is 2. The lowest BCUT2D eigenvalue weighted by Gasteiger charge is -2.43. The van der Waals surface area contributed by atoms with Crippen LogP contribution in [0.5, 0.6) is 0 Å². The number of hydrogen-bond acceptors (Lipinski definition) is 6. The molecular weight excluding hydrogens is 382 g/mol. The monoisotopic (exact) mass is 397 g/mol. The number of halogens is 4. The van der Waals surface area contributed by atoms with E-state index in [0.717, 1.165) is 30.9 Å². The number of hydrogen-bond donors (Lipinski definition) is 2. The van der Waals surface area contributed by atoms with Gasteiger partial charge in [-0.15, -0.1) is 0 Å². The van der Waals surface area contributed by atoms with Crippen molar-refractivity contribution in [3.63, 3.8) is 0 Å². The molecule has 28 heavy (non-hydrogen) atoms. The van der Waals surface area contributed by atoms with E-state index >= 15 is 0 Å². The lowest BCUT2D eigenvalue weighted by molar-refractivity contribution is -0.140. The highest BCUT2D eigenvalue weighted by Gasteiger charge is 2.43. The van der Waals surface area contributed by atoms with E-state index in [1.54, 1.807) is 0 Å². The van der Waals surface area contributed by atoms with Gasteiger partial charge in [-0.2, -0.15) is 8.78 Å². The topological polar surface area (TPSA) is 101 Å². The van der Waals surface area contributed by atoms with Gasteiger partial charge in [-0.3, -0.25) is 9.59 Å². The summed E-state index contributed by atoms with van der Waals surface area (Å²) in [5, 5.41) is 2.66. The predicted molar refractivity (Wildman–Crippen MR) is 88.9 cm³/mol. The van der Waals surface area contributed by atoms with Gasteiger partial charge in [0.2, 0.25) is 5.95 Å². The van der Waals surface area contributed by atoms with E-state index in [4.69, 9.17) is 5.84 Å². The smallest absolute Gasteiger partial charge is 0.317 e. The highest BCUT2D eigenvalue weighted by atomic mass is 19.3. The van der Waals surface area contributed by atoms with E-state index in [9.17, 15) is 27.2 Å². The van der Waals surface area contributed by atoms with Crippen LogP contribution in [0.25, 0.3) is 0 Å². The minimum absolute atomic E-state index is 0.0253. The van der Waals surface area contributed by atoms with Crippen molar-refractivity contribution in [3.8, 4) is 0 Å². The number of rotatable bonds is 5. The number of amides is 2. The van der Waals surface area contributed by atoms with Crippen molar-refractivity contribution in [1.29, 1.82) is 0 Å². The average molecular weight is 397 g/mol. The van der Waals surface area contributed by atoms with Gasteiger partial charge in [0.1, 0.15) is 11.6 Å². The van der Waals surface area contributed by atoms with Crippen molar-refractivity contribution in [1.82, 2.24) is 15.0 Å². The fourth-order valence-electron chi connectivity index (χ4n) is 2.98. The molecule has 1 heterocycles. The van der Waals surface area contributed by atoms with Crippen LogP contribution in [0.2, 0.25) is 0 Å². The molecule has 1 aromatic heterocycles. The molecule has 0 aliphatic heterocycles. The van der Waals surface area contributed by atoms with Gasteiger partial charge < -0.3 is 5.32 Å². The van der Waals surface area contributed by atoms with E-state index in [-0.39, 0.29) is 22.1 Å². The Morgan fingerprint density at radius 2 is 1.71 bits per heavy atom. The number of carbonyl (C=O) groups excluding carboxylic acids is 2. The minimum Gasteiger partial charge on any atom is -0.344 e. The third kappa shape index (κ3) is 3.52. The normalized spacial score (nSPS) is 15.1. The van der Waals surface area contributed by atoms with Crippen LogP contribution in [0.15, 0.2) is 30.6 Å². The van der Waals surface area contributed by atoms with Crippen LogP contribution in [0.1, 0.15) is 35.2 Å². The van der Waals surface area contributed by atoms with E-state index in [2.05, 4.69) is 15.3 Å². The lowest BCUT2D eigenvalue weighted by Crippen LogP contribution is -2.46. The molecule has 1 aromatic carbocycles. The van der Waals surface area contributed by atoms with E-state index < -0.39 is 35.4 Å². The molecule has 0 saturated heterocycles. The average Bonchev–Trinajstić information content (AvgIpc) is 2.64. The number of nitrogens with one attached hydrogen (secondary N) is 1. The van der Waals surface area contributed by atoms with Gasteiger partial charge in [-0.05, 0) is 31.4 Å². The van der Waals surface area contributed by atoms with Crippen LogP contribution in [0, 0.1) is 11.6 Å². The van der Waals surface area contributed by atoms with E-state index in [0.29, 0.717) is 12.8 Å². The number of aromatic nitrogens is 2. The first kappa shape index (κ1) is 19.7. The maximum absolute atomic E-state index is 14.2. The summed E-state index contributed by atoms with van der Waals surface area (Å²) in [5.74, 6) is 0.560. The fourth-order valence-corrected chi connectivity index (χ4v) is 2.98. The van der Waals surface area contributed by atoms with Gasteiger partial charge in [-0.25, -0.2) is 29.6 Å². The number of carbonyl (C=O) groups is 2. The maximum Gasteiger partial charge on any atom is 0.317 e. The molecular formula is C17H15F4N5O2. The fraction of sp³-hybridized carbons (Fsp3) is 0.294. The number of nitrogens with zero attached hydrogens (tertiary/aromatic N) is 3. The Morgan fingerprint density at radius 1 is 1.14 bits per heavy atom. The summed E-state index contributed by atoms with van der Waals surface area (Å²) in [5.41, 5.74) is -1.46. The van der Waals surface area contributed by atoms with Gasteiger partial charge >= 0.3 is 12.3 Å². The third-order valence-corrected chi connectivity index (χ3v) is 4.54. The molecule has 1 aliphatic rings. The molecule has 1 aliphatic carbocycles. The van der Waals surface area contributed by atoms with Crippen LogP contribution in [0.3, 0.4) is 0 Å². The second kappa shape index (κ2) is 7.50. The van der Waals surface area contributed by atoms with Crippen molar-refractivity contribution in [2.75, 3.05) is 5.32 Å². The molecule has 2 amide bonds. The van der Waals surface area contributed by atoms with Crippen LogP contribution in [-0.4, -0.2) is 33.2 Å². The van der Waals surface area contributed by atoms with Crippen molar-refractivity contribution < 1.29 is 27.2 Å². The first-order valence-electron chi connectivity index (χ1n) is 8.21. The number of benzene rings is 1. The largest absolute Gasteiger partial charge is 0.344 e. The second-order valence-electron chi connectivity index (χ2n) is 6.27. The van der Waals surface area contributed by atoms with Gasteiger partial charge in [0, 0.05) is 18.0 Å². The SMILES string of the molecule is NN(C(=O)c1cnc(NC2(c3c(F)cccc3F)CCC2)nc1)C(=O)C(F)F. The zero-order valence-electron chi connectivity index (χ0n) is 14.3. The molecule has 0 bridgehead atoms. The zero-order valence-corrected chi connectivity index (χ0v) is 14.3. The molecule has 148 valence electrons. The van der Waals surface area contributed by atoms with Crippen molar-refractivity contribution in [2.24, 2.45) is 5.84 Å². The molecule has 1 saturated carbocycles. The highest BCUT2D eigenvalue weighted by Crippen LogP contribution is 2.45. The van der Waals surface area contributed by atoms with Crippen molar-refractivity contribution >= 4 is 17.8 Å². The Kier molecular flexibility index (Phi) is 5.27. The van der Waals surface area contributed by atoms with Crippen LogP contribution in [0.4, 0.5) is 23.5 Å². The van der Waals surface area contributed by atoms with Gasteiger partial charge in [0.25, 0.3) is 5.91 Å². The molecule has 0 unspecified atom stereocenters. The molecule has 3 N–H and O–H groups in total. The molecule has 2 aromatic rings. The first-order valence-corrected chi connectivity index (χ1v) is 8.21. The van der Waals surface area contributed by atoms with Crippen LogP contribution < -0.4 is 11.2 Å². The molecule has 0 atom stereocenters. The summed E-state index contributed by atoms with van der Waals surface area (Å²) in [7, 11) is 0. The third-order valence-electron chi connectivity index (χ3n) is 4.54. The van der Waals surface area contributed by atoms with Crippen molar-refractivity contribution in [3.05, 3.63) is 53.4 Å². The number of anilines is 1. The second-order valence-corrected chi connectivity index (χ2v) is 6.27. The Bertz CT molecular complexity index is 883. The van der Waals surface area contributed by atoms with Crippen LogP contribution in [-0.2, 0) is 10.3 Å². The highest BCUT2D eigenvalue weighted by molar-refractivity contribution is 6.04. The Balaban J connectivity index is 1.80. The summed E-state index contributed by atoms with van der Waals surface area (Å²) >= 11 is 0. The molecule has 1 fully saturated rings. The molecule has 11 heteroatoms. The molecule has 7 nitrogen and oxygen atoms in total. The minimum atomic E-state index is -3.44. The summed E-state index contributed by atoms with van der Waals surface area (Å²) in [4.78, 5) is 30.7. The molecule has 0 spiro atoms. The molecule has 0 radical (unpaired) electrons. The predicted octanol–water partition coefficient (Wildman–Crippen LogP) is 2.35. The first-order chi connectivity index (χ1) is 13.2. The standard InChI is InChI=1S/C17H15F4N5O2/c18-10-3-1-4-11(19)12(10)17(5-2-6-17)25-16-23-7-9(8-24-16)14(27)26(22)15(28)13(20)21/h1,3-4,7-8,13H,2,5-6,22H2,(H,23,24,25). The summed E-state index contributed by atoms with van der Waals surface area (Å²) < 4.78 is 53.1. The summed E-state index contributed by atoms with van der Waals surface area (Å²) in [6.45, 7) is 0. The number of nitrogens with two attached hydrogens (primary N) is 1. The zero-order chi connectivity index (χ0) is 20.5. The Labute approximate surface area is 156 Å². The maximum atomic E-state index is 14.2. The van der Waals surface area contributed by atoms with Gasteiger partial charge in [-0.1, -0.05) is 6.07 Å².